The number of fused-ring (bicyclic) bond motifs is 1. The molecule has 0 spiro atoms. The number of nitrogens with zero attached hydrogens (tertiary/aromatic N) is 2. The quantitative estimate of drug-likeness (QED) is 0.667. The Labute approximate surface area is 134 Å². The van der Waals surface area contributed by atoms with Crippen molar-refractivity contribution >= 4 is 51.0 Å². The number of aromatic nitrogens is 2. The molecule has 0 bridgehead atoms. The SMILES string of the molecule is O=C(O)c1ccc2c(Nc3ccccc3I)ncnc2c1. The summed E-state index contributed by atoms with van der Waals surface area (Å²) in [5, 5.41) is 13.1. The van der Waals surface area contributed by atoms with Gasteiger partial charge in [0.05, 0.1) is 16.8 Å². The first-order valence-electron chi connectivity index (χ1n) is 6.15. The topological polar surface area (TPSA) is 75.1 Å². The monoisotopic (exact) mass is 391 g/mol. The van der Waals surface area contributed by atoms with Crippen molar-refractivity contribution in [2.75, 3.05) is 5.32 Å². The first-order valence-corrected chi connectivity index (χ1v) is 7.22. The molecule has 0 amide bonds. The zero-order valence-electron chi connectivity index (χ0n) is 10.7. The lowest BCUT2D eigenvalue weighted by Gasteiger charge is -2.10. The Bertz CT molecular complexity index is 836. The Morgan fingerprint density at radius 1 is 1.14 bits per heavy atom. The molecule has 0 radical (unpaired) electrons. The molecule has 3 rings (SSSR count). The molecule has 0 fully saturated rings. The van der Waals surface area contributed by atoms with Crippen LogP contribution in [0.15, 0.2) is 48.8 Å². The maximum absolute atomic E-state index is 11.0. The standard InChI is InChI=1S/C15H10IN3O2/c16-11-3-1-2-4-12(11)19-14-10-6-5-9(15(20)21)7-13(10)17-8-18-14/h1-8H,(H,20,21)(H,17,18,19). The summed E-state index contributed by atoms with van der Waals surface area (Å²) in [6, 6.07) is 12.7. The van der Waals surface area contributed by atoms with Gasteiger partial charge >= 0.3 is 5.97 Å². The van der Waals surface area contributed by atoms with Gasteiger partial charge in [-0.15, -0.1) is 0 Å². The maximum atomic E-state index is 11.0. The summed E-state index contributed by atoms with van der Waals surface area (Å²) in [4.78, 5) is 19.4. The highest BCUT2D eigenvalue weighted by molar-refractivity contribution is 14.1. The van der Waals surface area contributed by atoms with E-state index in [2.05, 4.69) is 37.9 Å². The molecule has 0 unspecified atom stereocenters. The van der Waals surface area contributed by atoms with Crippen LogP contribution in [-0.2, 0) is 0 Å². The third kappa shape index (κ3) is 2.80. The van der Waals surface area contributed by atoms with Gasteiger partial charge in [0.15, 0.2) is 0 Å². The highest BCUT2D eigenvalue weighted by Gasteiger charge is 2.09. The molecule has 104 valence electrons. The predicted molar refractivity (Wildman–Crippen MR) is 88.9 cm³/mol. The largest absolute Gasteiger partial charge is 0.478 e. The van der Waals surface area contributed by atoms with Gasteiger partial charge in [0, 0.05) is 8.96 Å². The van der Waals surface area contributed by atoms with Crippen LogP contribution in [0.4, 0.5) is 11.5 Å². The number of rotatable bonds is 3. The van der Waals surface area contributed by atoms with Crippen LogP contribution in [-0.4, -0.2) is 21.0 Å². The van der Waals surface area contributed by atoms with Crippen molar-refractivity contribution in [3.05, 3.63) is 57.9 Å². The summed E-state index contributed by atoms with van der Waals surface area (Å²) >= 11 is 2.24. The summed E-state index contributed by atoms with van der Waals surface area (Å²) in [6.07, 6.45) is 1.42. The molecule has 0 saturated heterocycles. The number of para-hydroxylation sites is 1. The number of benzene rings is 2. The maximum Gasteiger partial charge on any atom is 0.335 e. The molecule has 5 nitrogen and oxygen atoms in total. The van der Waals surface area contributed by atoms with Crippen molar-refractivity contribution in [1.82, 2.24) is 9.97 Å². The van der Waals surface area contributed by atoms with E-state index in [1.165, 1.54) is 6.33 Å². The van der Waals surface area contributed by atoms with Crippen LogP contribution in [0.3, 0.4) is 0 Å². The Balaban J connectivity index is 2.07. The second-order valence-electron chi connectivity index (χ2n) is 4.36. The molecular formula is C15H10IN3O2. The van der Waals surface area contributed by atoms with Crippen LogP contribution < -0.4 is 5.32 Å². The minimum atomic E-state index is -0.970. The van der Waals surface area contributed by atoms with E-state index in [9.17, 15) is 4.79 Å². The minimum absolute atomic E-state index is 0.210. The van der Waals surface area contributed by atoms with E-state index in [1.807, 2.05) is 24.3 Å². The number of halogens is 1. The summed E-state index contributed by atoms with van der Waals surface area (Å²) < 4.78 is 1.07. The molecule has 3 aromatic rings. The average Bonchev–Trinajstić information content (AvgIpc) is 2.49. The third-order valence-corrected chi connectivity index (χ3v) is 3.95. The Kier molecular flexibility index (Phi) is 3.70. The van der Waals surface area contributed by atoms with E-state index >= 15 is 0 Å². The molecule has 6 heteroatoms. The number of hydrogen-bond acceptors (Lipinski definition) is 4. The summed E-state index contributed by atoms with van der Waals surface area (Å²) in [7, 11) is 0. The molecule has 0 saturated carbocycles. The normalized spacial score (nSPS) is 10.5. The van der Waals surface area contributed by atoms with E-state index in [0.717, 1.165) is 14.6 Å². The minimum Gasteiger partial charge on any atom is -0.478 e. The van der Waals surface area contributed by atoms with Gasteiger partial charge in [-0.05, 0) is 52.9 Å². The molecule has 2 aromatic carbocycles. The van der Waals surface area contributed by atoms with E-state index in [4.69, 9.17) is 5.11 Å². The fourth-order valence-corrected chi connectivity index (χ4v) is 2.50. The fourth-order valence-electron chi connectivity index (χ4n) is 1.98. The van der Waals surface area contributed by atoms with Crippen molar-refractivity contribution in [2.45, 2.75) is 0 Å². The van der Waals surface area contributed by atoms with Gasteiger partial charge in [-0.1, -0.05) is 12.1 Å². The second-order valence-corrected chi connectivity index (χ2v) is 5.53. The van der Waals surface area contributed by atoms with Crippen molar-refractivity contribution in [3.63, 3.8) is 0 Å². The van der Waals surface area contributed by atoms with Gasteiger partial charge in [0.2, 0.25) is 0 Å². The number of carboxylic acid groups (broad SMARTS) is 1. The third-order valence-electron chi connectivity index (χ3n) is 3.01. The van der Waals surface area contributed by atoms with E-state index < -0.39 is 5.97 Å². The Hall–Kier alpha value is -2.22. The van der Waals surface area contributed by atoms with Crippen LogP contribution in [0.25, 0.3) is 10.9 Å². The fraction of sp³-hybridized carbons (Fsp3) is 0. The number of carboxylic acids is 1. The second kappa shape index (κ2) is 5.65. The van der Waals surface area contributed by atoms with Crippen molar-refractivity contribution < 1.29 is 9.90 Å². The predicted octanol–water partition coefficient (Wildman–Crippen LogP) is 3.68. The highest BCUT2D eigenvalue weighted by atomic mass is 127. The molecule has 2 N–H and O–H groups in total. The highest BCUT2D eigenvalue weighted by Crippen LogP contribution is 2.26. The van der Waals surface area contributed by atoms with E-state index in [1.54, 1.807) is 18.2 Å². The first-order chi connectivity index (χ1) is 10.1. The van der Waals surface area contributed by atoms with Crippen LogP contribution in [0.2, 0.25) is 0 Å². The first kappa shape index (κ1) is 13.7. The van der Waals surface area contributed by atoms with Crippen molar-refractivity contribution in [3.8, 4) is 0 Å². The van der Waals surface area contributed by atoms with Crippen LogP contribution in [0.5, 0.6) is 0 Å². The van der Waals surface area contributed by atoms with Gasteiger partial charge in [-0.2, -0.15) is 0 Å². The number of nitrogens with one attached hydrogen (secondary N) is 1. The molecule has 0 aliphatic rings. The van der Waals surface area contributed by atoms with Crippen molar-refractivity contribution in [2.24, 2.45) is 0 Å². The van der Waals surface area contributed by atoms with Crippen LogP contribution in [0.1, 0.15) is 10.4 Å². The van der Waals surface area contributed by atoms with E-state index in [-0.39, 0.29) is 5.56 Å². The summed E-state index contributed by atoms with van der Waals surface area (Å²) in [5.41, 5.74) is 1.75. The van der Waals surface area contributed by atoms with Crippen molar-refractivity contribution in [1.29, 1.82) is 0 Å². The molecule has 1 heterocycles. The van der Waals surface area contributed by atoms with Gasteiger partial charge in [0.25, 0.3) is 0 Å². The summed E-state index contributed by atoms with van der Waals surface area (Å²) in [6.45, 7) is 0. The van der Waals surface area contributed by atoms with Crippen LogP contribution in [0, 0.1) is 3.57 Å². The molecule has 0 atom stereocenters. The zero-order chi connectivity index (χ0) is 14.8. The zero-order valence-corrected chi connectivity index (χ0v) is 12.9. The van der Waals surface area contributed by atoms with Gasteiger partial charge in [-0.25, -0.2) is 14.8 Å². The number of anilines is 2. The van der Waals surface area contributed by atoms with Gasteiger partial charge in [0.1, 0.15) is 12.1 Å². The summed E-state index contributed by atoms with van der Waals surface area (Å²) in [5.74, 6) is -0.316. The van der Waals surface area contributed by atoms with Crippen LogP contribution >= 0.6 is 22.6 Å². The molecule has 21 heavy (non-hydrogen) atoms. The number of carbonyl (C=O) groups is 1. The number of aromatic carboxylic acids is 1. The van der Waals surface area contributed by atoms with E-state index in [0.29, 0.717) is 11.3 Å². The Morgan fingerprint density at radius 3 is 2.71 bits per heavy atom. The lowest BCUT2D eigenvalue weighted by Crippen LogP contribution is -2.00. The molecular weight excluding hydrogens is 381 g/mol. The molecule has 1 aromatic heterocycles. The molecule has 0 aliphatic carbocycles. The number of hydrogen-bond donors (Lipinski definition) is 2. The van der Waals surface area contributed by atoms with Gasteiger partial charge < -0.3 is 10.4 Å². The van der Waals surface area contributed by atoms with Gasteiger partial charge in [-0.3, -0.25) is 0 Å². The molecule has 0 aliphatic heterocycles. The lowest BCUT2D eigenvalue weighted by molar-refractivity contribution is 0.0697. The lowest BCUT2D eigenvalue weighted by atomic mass is 10.1. The smallest absolute Gasteiger partial charge is 0.335 e. The Morgan fingerprint density at radius 2 is 1.95 bits per heavy atom. The average molecular weight is 391 g/mol.